The second-order valence-electron chi connectivity index (χ2n) is 6.47. The molecule has 0 aliphatic heterocycles. The van der Waals surface area contributed by atoms with Crippen LogP contribution in [0.25, 0.3) is 17.0 Å². The van der Waals surface area contributed by atoms with Crippen molar-refractivity contribution in [3.8, 4) is 17.2 Å². The number of carbonyl (C=O) groups is 1. The van der Waals surface area contributed by atoms with Gasteiger partial charge in [0.25, 0.3) is 0 Å². The summed E-state index contributed by atoms with van der Waals surface area (Å²) in [5.41, 5.74) is 3.70. The Bertz CT molecular complexity index is 1140. The van der Waals surface area contributed by atoms with Crippen molar-refractivity contribution in [1.82, 2.24) is 4.98 Å². The van der Waals surface area contributed by atoms with E-state index in [4.69, 9.17) is 25.8 Å². The zero-order chi connectivity index (χ0) is 19.8. The number of fused-ring (bicyclic) bond motifs is 2. The van der Waals surface area contributed by atoms with Crippen LogP contribution in [0.2, 0.25) is 5.15 Å². The van der Waals surface area contributed by atoms with E-state index in [1.54, 1.807) is 45.6 Å². The molecular formula is C22H18ClNO4. The molecule has 0 saturated heterocycles. The number of allylic oxidation sites excluding steroid dienone is 1. The van der Waals surface area contributed by atoms with E-state index in [9.17, 15) is 4.79 Å². The van der Waals surface area contributed by atoms with E-state index in [0.29, 0.717) is 45.3 Å². The largest absolute Gasteiger partial charge is 0.497 e. The summed E-state index contributed by atoms with van der Waals surface area (Å²) in [4.78, 5) is 17.2. The van der Waals surface area contributed by atoms with E-state index in [2.05, 4.69) is 4.98 Å². The predicted molar refractivity (Wildman–Crippen MR) is 109 cm³/mol. The Morgan fingerprint density at radius 3 is 2.46 bits per heavy atom. The van der Waals surface area contributed by atoms with Gasteiger partial charge in [0, 0.05) is 34.6 Å². The summed E-state index contributed by atoms with van der Waals surface area (Å²) < 4.78 is 15.9. The first-order valence-corrected chi connectivity index (χ1v) is 9.06. The Balaban J connectivity index is 1.77. The number of pyridine rings is 1. The molecule has 1 aliphatic rings. The van der Waals surface area contributed by atoms with E-state index in [0.717, 1.165) is 16.7 Å². The summed E-state index contributed by atoms with van der Waals surface area (Å²) >= 11 is 6.40. The maximum atomic E-state index is 12.8. The first kappa shape index (κ1) is 18.3. The van der Waals surface area contributed by atoms with E-state index < -0.39 is 0 Å². The number of methoxy groups -OCH3 is 3. The molecule has 1 aliphatic carbocycles. The topological polar surface area (TPSA) is 57.6 Å². The fourth-order valence-corrected chi connectivity index (χ4v) is 3.62. The van der Waals surface area contributed by atoms with Crippen LogP contribution >= 0.6 is 11.6 Å². The van der Waals surface area contributed by atoms with Crippen molar-refractivity contribution < 1.29 is 19.0 Å². The average Bonchev–Trinajstić information content (AvgIpc) is 3.02. The van der Waals surface area contributed by atoms with Gasteiger partial charge in [-0.25, -0.2) is 4.98 Å². The first-order valence-electron chi connectivity index (χ1n) is 8.68. The molecule has 0 bridgehead atoms. The second kappa shape index (κ2) is 7.17. The van der Waals surface area contributed by atoms with Gasteiger partial charge in [0.05, 0.1) is 26.8 Å². The molecule has 1 aromatic heterocycles. The second-order valence-corrected chi connectivity index (χ2v) is 6.82. The summed E-state index contributed by atoms with van der Waals surface area (Å²) in [5.74, 6) is 1.93. The van der Waals surface area contributed by atoms with Gasteiger partial charge in [-0.2, -0.15) is 0 Å². The monoisotopic (exact) mass is 395 g/mol. The predicted octanol–water partition coefficient (Wildman–Crippen LogP) is 4.74. The van der Waals surface area contributed by atoms with Gasteiger partial charge in [-0.15, -0.1) is 0 Å². The molecule has 0 unspecified atom stereocenters. The zero-order valence-electron chi connectivity index (χ0n) is 15.7. The molecule has 0 saturated carbocycles. The van der Waals surface area contributed by atoms with E-state index in [-0.39, 0.29) is 5.78 Å². The lowest BCUT2D eigenvalue weighted by molar-refractivity contribution is 0.104. The number of rotatable bonds is 4. The third-order valence-corrected chi connectivity index (χ3v) is 5.16. The molecule has 3 aromatic rings. The van der Waals surface area contributed by atoms with Crippen molar-refractivity contribution in [3.05, 3.63) is 63.8 Å². The van der Waals surface area contributed by atoms with Gasteiger partial charge in [-0.3, -0.25) is 4.79 Å². The van der Waals surface area contributed by atoms with Gasteiger partial charge in [0.2, 0.25) is 0 Å². The molecule has 0 amide bonds. The van der Waals surface area contributed by atoms with Crippen LogP contribution in [0.4, 0.5) is 0 Å². The third kappa shape index (κ3) is 3.08. The fourth-order valence-electron chi connectivity index (χ4n) is 3.42. The number of halogens is 1. The SMILES string of the molecule is COc1ccc2c(c1)C/C(=C\c1cc3cc(OC)c(OC)cc3nc1Cl)C2=O. The average molecular weight is 396 g/mol. The number of hydrogen-bond donors (Lipinski definition) is 0. The summed E-state index contributed by atoms with van der Waals surface area (Å²) in [6.07, 6.45) is 2.34. The molecule has 0 fully saturated rings. The van der Waals surface area contributed by atoms with Gasteiger partial charge in [0.1, 0.15) is 10.9 Å². The number of ether oxygens (including phenoxy) is 3. The smallest absolute Gasteiger partial charge is 0.189 e. The molecule has 2 aromatic carbocycles. The van der Waals surface area contributed by atoms with Gasteiger partial charge in [-0.1, -0.05) is 11.6 Å². The molecule has 1 heterocycles. The maximum absolute atomic E-state index is 12.8. The van der Waals surface area contributed by atoms with Crippen molar-refractivity contribution >= 4 is 34.4 Å². The maximum Gasteiger partial charge on any atom is 0.189 e. The number of aromatic nitrogens is 1. The zero-order valence-corrected chi connectivity index (χ0v) is 16.5. The van der Waals surface area contributed by atoms with Crippen molar-refractivity contribution in [2.75, 3.05) is 21.3 Å². The van der Waals surface area contributed by atoms with E-state index in [1.165, 1.54) is 0 Å². The molecule has 6 heteroatoms. The standard InChI is InChI=1S/C22H18ClNO4/c1-26-16-4-5-17-12(9-16)6-14(21(17)25)8-15-7-13-10-19(27-2)20(28-3)11-18(13)24-22(15)23/h4-5,7-11H,6H2,1-3H3/b14-8+. The lowest BCUT2D eigenvalue weighted by Crippen LogP contribution is -1.96. The van der Waals surface area contributed by atoms with Crippen LogP contribution in [0, 0.1) is 0 Å². The van der Waals surface area contributed by atoms with Gasteiger partial charge in [0.15, 0.2) is 17.3 Å². The summed E-state index contributed by atoms with van der Waals surface area (Å²) in [7, 11) is 4.76. The number of nitrogens with zero attached hydrogens (tertiary/aromatic N) is 1. The molecule has 0 atom stereocenters. The Labute approximate surface area is 167 Å². The number of benzene rings is 2. The molecule has 5 nitrogen and oxygen atoms in total. The highest BCUT2D eigenvalue weighted by molar-refractivity contribution is 6.31. The Morgan fingerprint density at radius 1 is 1.00 bits per heavy atom. The highest BCUT2D eigenvalue weighted by Crippen LogP contribution is 2.35. The van der Waals surface area contributed by atoms with Gasteiger partial charge >= 0.3 is 0 Å². The lowest BCUT2D eigenvalue weighted by Gasteiger charge is -2.10. The number of ketones is 1. The molecule has 0 radical (unpaired) electrons. The molecular weight excluding hydrogens is 378 g/mol. The summed E-state index contributed by atoms with van der Waals surface area (Å²) in [5, 5.41) is 1.17. The lowest BCUT2D eigenvalue weighted by atomic mass is 10.1. The van der Waals surface area contributed by atoms with Gasteiger partial charge in [-0.05, 0) is 42.0 Å². The summed E-state index contributed by atoms with van der Waals surface area (Å²) in [6, 6.07) is 11.0. The minimum Gasteiger partial charge on any atom is -0.497 e. The van der Waals surface area contributed by atoms with Gasteiger partial charge < -0.3 is 14.2 Å². The Morgan fingerprint density at radius 2 is 1.75 bits per heavy atom. The van der Waals surface area contributed by atoms with E-state index >= 15 is 0 Å². The number of carbonyl (C=O) groups excluding carboxylic acids is 1. The highest BCUT2D eigenvalue weighted by atomic mass is 35.5. The molecule has 142 valence electrons. The van der Waals surface area contributed by atoms with Crippen molar-refractivity contribution in [1.29, 1.82) is 0 Å². The quantitative estimate of drug-likeness (QED) is 0.472. The number of hydrogen-bond acceptors (Lipinski definition) is 5. The Kier molecular flexibility index (Phi) is 4.69. The van der Waals surface area contributed by atoms with E-state index in [1.807, 2.05) is 18.2 Å². The minimum absolute atomic E-state index is 0.00104. The fraction of sp³-hybridized carbons (Fsp3) is 0.182. The normalized spacial score (nSPS) is 14.4. The molecule has 28 heavy (non-hydrogen) atoms. The van der Waals surface area contributed by atoms with Crippen molar-refractivity contribution in [2.45, 2.75) is 6.42 Å². The molecule has 4 rings (SSSR count). The molecule has 0 spiro atoms. The van der Waals surface area contributed by atoms with Crippen LogP contribution in [0.1, 0.15) is 21.5 Å². The van der Waals surface area contributed by atoms with Crippen LogP contribution in [-0.2, 0) is 6.42 Å². The first-order chi connectivity index (χ1) is 13.5. The van der Waals surface area contributed by atoms with Crippen LogP contribution in [0.5, 0.6) is 17.2 Å². The van der Waals surface area contributed by atoms with Crippen LogP contribution in [0.15, 0.2) is 42.0 Å². The minimum atomic E-state index is 0.00104. The van der Waals surface area contributed by atoms with Crippen LogP contribution in [-0.4, -0.2) is 32.1 Å². The van der Waals surface area contributed by atoms with Crippen LogP contribution < -0.4 is 14.2 Å². The third-order valence-electron chi connectivity index (χ3n) is 4.86. The Hall–Kier alpha value is -3.05. The number of Topliss-reactive ketones (excluding diaryl/α,β-unsaturated/α-hetero) is 1. The highest BCUT2D eigenvalue weighted by Gasteiger charge is 2.25. The van der Waals surface area contributed by atoms with Crippen molar-refractivity contribution in [3.63, 3.8) is 0 Å². The summed E-state index contributed by atoms with van der Waals surface area (Å²) in [6.45, 7) is 0. The van der Waals surface area contributed by atoms with Crippen molar-refractivity contribution in [2.24, 2.45) is 0 Å². The van der Waals surface area contributed by atoms with Crippen LogP contribution in [0.3, 0.4) is 0 Å². The molecule has 0 N–H and O–H groups in total.